The fourth-order valence-corrected chi connectivity index (χ4v) is 1.07. The van der Waals surface area contributed by atoms with Gasteiger partial charge in [0.05, 0.1) is 0 Å². The molecule has 87 valence electrons. The highest BCUT2D eigenvalue weighted by Crippen LogP contribution is 1.95. The van der Waals surface area contributed by atoms with Crippen molar-refractivity contribution in [3.8, 4) is 0 Å². The van der Waals surface area contributed by atoms with E-state index in [1.54, 1.807) is 0 Å². The van der Waals surface area contributed by atoms with Crippen LogP contribution in [0.15, 0.2) is 48.7 Å². The summed E-state index contributed by atoms with van der Waals surface area (Å²) < 4.78 is 0. The zero-order valence-electron chi connectivity index (χ0n) is 10.8. The standard InChI is InChI=1S/C14H23BN/c1-4-5-6-7-8-9-10-11-12-13-14-16(3)15-2/h4-5,7-10,13-14H,6,11-12H2,1-3H3/b5-4-,8-7-,10-9-,14-13-. The maximum atomic E-state index is 2.20. The van der Waals surface area contributed by atoms with Crippen LogP contribution in [-0.2, 0) is 0 Å². The Morgan fingerprint density at radius 1 is 1.00 bits per heavy atom. The highest BCUT2D eigenvalue weighted by Gasteiger charge is 1.84. The lowest BCUT2D eigenvalue weighted by Gasteiger charge is -2.07. The van der Waals surface area contributed by atoms with Crippen molar-refractivity contribution in [1.82, 2.24) is 4.81 Å². The third-order valence-electron chi connectivity index (χ3n) is 2.14. The summed E-state index contributed by atoms with van der Waals surface area (Å²) in [6.45, 7) is 4.07. The summed E-state index contributed by atoms with van der Waals surface area (Å²) in [5.74, 6) is 0. The minimum atomic E-state index is 1.03. The van der Waals surface area contributed by atoms with Gasteiger partial charge in [-0.25, -0.2) is 0 Å². The summed E-state index contributed by atoms with van der Waals surface area (Å²) in [6, 6.07) is 0. The highest BCUT2D eigenvalue weighted by molar-refractivity contribution is 6.30. The van der Waals surface area contributed by atoms with Crippen LogP contribution in [0.25, 0.3) is 0 Å². The summed E-state index contributed by atoms with van der Waals surface area (Å²) in [6.07, 6.45) is 20.3. The van der Waals surface area contributed by atoms with E-state index in [1.807, 2.05) is 28.2 Å². The zero-order valence-corrected chi connectivity index (χ0v) is 10.8. The van der Waals surface area contributed by atoms with Crippen molar-refractivity contribution in [3.05, 3.63) is 48.7 Å². The topological polar surface area (TPSA) is 3.24 Å². The van der Waals surface area contributed by atoms with Crippen molar-refractivity contribution < 1.29 is 0 Å². The fraction of sp³-hybridized carbons (Fsp3) is 0.429. The van der Waals surface area contributed by atoms with Gasteiger partial charge < -0.3 is 4.81 Å². The van der Waals surface area contributed by atoms with E-state index in [0.29, 0.717) is 0 Å². The number of unbranched alkanes of at least 4 members (excludes halogenated alkanes) is 1. The van der Waals surface area contributed by atoms with E-state index in [-0.39, 0.29) is 0 Å². The monoisotopic (exact) mass is 216 g/mol. The van der Waals surface area contributed by atoms with Crippen LogP contribution in [-0.4, -0.2) is 19.3 Å². The second-order valence-corrected chi connectivity index (χ2v) is 3.55. The lowest BCUT2D eigenvalue weighted by Crippen LogP contribution is -2.11. The molecule has 0 amide bonds. The summed E-state index contributed by atoms with van der Waals surface area (Å²) in [4.78, 5) is 2.06. The van der Waals surface area contributed by atoms with Gasteiger partial charge in [-0.15, -0.1) is 0 Å². The summed E-state index contributed by atoms with van der Waals surface area (Å²) in [7, 11) is 4.08. The molecule has 0 atom stereocenters. The van der Waals surface area contributed by atoms with Gasteiger partial charge in [0, 0.05) is 0 Å². The van der Waals surface area contributed by atoms with Crippen LogP contribution in [0, 0.1) is 0 Å². The molecule has 0 aliphatic heterocycles. The van der Waals surface area contributed by atoms with E-state index in [9.17, 15) is 0 Å². The van der Waals surface area contributed by atoms with E-state index >= 15 is 0 Å². The first-order valence-corrected chi connectivity index (χ1v) is 5.92. The van der Waals surface area contributed by atoms with Gasteiger partial charge in [0.1, 0.15) is 0 Å². The van der Waals surface area contributed by atoms with Gasteiger partial charge in [-0.05, 0) is 39.4 Å². The third-order valence-corrected chi connectivity index (χ3v) is 2.14. The Balaban J connectivity index is 3.47. The van der Waals surface area contributed by atoms with Crippen molar-refractivity contribution in [1.29, 1.82) is 0 Å². The van der Waals surface area contributed by atoms with E-state index in [0.717, 1.165) is 19.3 Å². The molecule has 0 bridgehead atoms. The molecule has 0 aliphatic rings. The Bertz CT molecular complexity index is 251. The van der Waals surface area contributed by atoms with Gasteiger partial charge >= 0.3 is 0 Å². The number of allylic oxidation sites excluding steroid dienone is 7. The van der Waals surface area contributed by atoms with Crippen LogP contribution in [0.3, 0.4) is 0 Å². The maximum Gasteiger partial charge on any atom is 0.241 e. The molecule has 0 aromatic rings. The van der Waals surface area contributed by atoms with Crippen molar-refractivity contribution in [3.63, 3.8) is 0 Å². The molecule has 0 spiro atoms. The van der Waals surface area contributed by atoms with E-state index in [1.165, 1.54) is 0 Å². The minimum absolute atomic E-state index is 1.03. The minimum Gasteiger partial charge on any atom is -0.428 e. The van der Waals surface area contributed by atoms with Gasteiger partial charge in [-0.1, -0.05) is 49.4 Å². The summed E-state index contributed by atoms with van der Waals surface area (Å²) in [5, 5.41) is 0. The van der Waals surface area contributed by atoms with Gasteiger partial charge in [0.2, 0.25) is 7.41 Å². The average molecular weight is 216 g/mol. The Morgan fingerprint density at radius 2 is 1.69 bits per heavy atom. The Labute approximate surface area is 101 Å². The number of nitrogens with zero attached hydrogens (tertiary/aromatic N) is 1. The van der Waals surface area contributed by atoms with E-state index in [2.05, 4.69) is 53.5 Å². The van der Waals surface area contributed by atoms with Crippen molar-refractivity contribution in [2.24, 2.45) is 0 Å². The molecule has 0 aromatic heterocycles. The van der Waals surface area contributed by atoms with Crippen molar-refractivity contribution in [2.75, 3.05) is 7.05 Å². The summed E-state index contributed by atoms with van der Waals surface area (Å²) in [5.41, 5.74) is 0. The van der Waals surface area contributed by atoms with Gasteiger partial charge in [-0.3, -0.25) is 0 Å². The molecule has 1 nitrogen and oxygen atoms in total. The van der Waals surface area contributed by atoms with E-state index in [4.69, 9.17) is 0 Å². The predicted molar refractivity (Wildman–Crippen MR) is 75.5 cm³/mol. The van der Waals surface area contributed by atoms with Gasteiger partial charge in [0.15, 0.2) is 0 Å². The Hall–Kier alpha value is -1.18. The Morgan fingerprint density at radius 3 is 2.38 bits per heavy atom. The molecule has 1 radical (unpaired) electrons. The van der Waals surface area contributed by atoms with Crippen LogP contribution < -0.4 is 0 Å². The first-order valence-electron chi connectivity index (χ1n) is 5.92. The molecule has 0 fully saturated rings. The molecule has 0 aliphatic carbocycles. The second-order valence-electron chi connectivity index (χ2n) is 3.55. The van der Waals surface area contributed by atoms with Crippen LogP contribution in [0.5, 0.6) is 0 Å². The third kappa shape index (κ3) is 10.9. The molecule has 0 saturated carbocycles. The van der Waals surface area contributed by atoms with Crippen LogP contribution in [0.4, 0.5) is 0 Å². The van der Waals surface area contributed by atoms with Gasteiger partial charge in [-0.2, -0.15) is 0 Å². The number of hydrogen-bond acceptors (Lipinski definition) is 1. The molecule has 0 rings (SSSR count). The molecule has 2 heteroatoms. The Kier molecular flexibility index (Phi) is 11.0. The van der Waals surface area contributed by atoms with Crippen LogP contribution in [0.2, 0.25) is 6.82 Å². The number of rotatable bonds is 8. The smallest absolute Gasteiger partial charge is 0.241 e. The predicted octanol–water partition coefficient (Wildman–Crippen LogP) is 3.96. The lowest BCUT2D eigenvalue weighted by atomic mass is 9.98. The molecular weight excluding hydrogens is 193 g/mol. The average Bonchev–Trinajstić information content (AvgIpc) is 2.31. The first kappa shape index (κ1) is 14.8. The molecule has 0 unspecified atom stereocenters. The second kappa shape index (κ2) is 11.9. The van der Waals surface area contributed by atoms with Crippen LogP contribution >= 0.6 is 0 Å². The quantitative estimate of drug-likeness (QED) is 0.257. The molecular formula is C14H23BN. The van der Waals surface area contributed by atoms with Crippen molar-refractivity contribution >= 4 is 7.41 Å². The highest BCUT2D eigenvalue weighted by atomic mass is 15.0. The fourth-order valence-electron chi connectivity index (χ4n) is 1.07. The largest absolute Gasteiger partial charge is 0.428 e. The van der Waals surface area contributed by atoms with E-state index < -0.39 is 0 Å². The van der Waals surface area contributed by atoms with Crippen molar-refractivity contribution in [2.45, 2.75) is 33.0 Å². The molecule has 0 heterocycles. The maximum absolute atomic E-state index is 2.20. The number of hydrogen-bond donors (Lipinski definition) is 0. The normalized spacial score (nSPS) is 12.4. The molecule has 0 saturated heterocycles. The molecule has 0 aromatic carbocycles. The van der Waals surface area contributed by atoms with Gasteiger partial charge in [0.25, 0.3) is 0 Å². The summed E-state index contributed by atoms with van der Waals surface area (Å²) >= 11 is 0. The van der Waals surface area contributed by atoms with Crippen LogP contribution in [0.1, 0.15) is 26.2 Å². The first-order chi connectivity index (χ1) is 7.81. The SMILES string of the molecule is C[B]N(C)/C=C\CC/C=C\C=C/C/C=C\C. The molecule has 16 heavy (non-hydrogen) atoms. The zero-order chi connectivity index (χ0) is 12.1. The molecule has 0 N–H and O–H groups in total. The lowest BCUT2D eigenvalue weighted by molar-refractivity contribution is 0.727.